The summed E-state index contributed by atoms with van der Waals surface area (Å²) in [5, 5.41) is 2.69. The summed E-state index contributed by atoms with van der Waals surface area (Å²) in [5.41, 5.74) is 6.42. The number of rotatable bonds is 7. The Hall–Kier alpha value is -2.24. The van der Waals surface area contributed by atoms with Crippen molar-refractivity contribution in [1.82, 2.24) is 5.32 Å². The lowest BCUT2D eigenvalue weighted by Crippen LogP contribution is -2.29. The SMILES string of the molecule is CCCNC(=O)COc1ccc(C(=O)OCC)cc1N. The van der Waals surface area contributed by atoms with Gasteiger partial charge in [0.15, 0.2) is 6.61 Å². The minimum absolute atomic E-state index is 0.108. The molecule has 0 saturated heterocycles. The van der Waals surface area contributed by atoms with Crippen LogP contribution in [0.4, 0.5) is 5.69 Å². The fourth-order valence-electron chi connectivity index (χ4n) is 1.48. The Morgan fingerprint density at radius 1 is 1.30 bits per heavy atom. The van der Waals surface area contributed by atoms with Crippen LogP contribution in [0.2, 0.25) is 0 Å². The molecule has 0 saturated carbocycles. The number of carbonyl (C=O) groups excluding carboxylic acids is 2. The van der Waals surface area contributed by atoms with Gasteiger partial charge in [-0.15, -0.1) is 0 Å². The Labute approximate surface area is 118 Å². The van der Waals surface area contributed by atoms with Crippen molar-refractivity contribution in [3.63, 3.8) is 0 Å². The van der Waals surface area contributed by atoms with Crippen LogP contribution in [0.3, 0.4) is 0 Å². The molecule has 0 aliphatic heterocycles. The molecule has 0 spiro atoms. The lowest BCUT2D eigenvalue weighted by molar-refractivity contribution is -0.123. The second-order valence-corrected chi connectivity index (χ2v) is 4.11. The number of hydrogen-bond acceptors (Lipinski definition) is 5. The maximum atomic E-state index is 11.5. The molecule has 0 aliphatic carbocycles. The summed E-state index contributed by atoms with van der Waals surface area (Å²) in [6, 6.07) is 4.57. The van der Waals surface area contributed by atoms with Crippen LogP contribution in [0.5, 0.6) is 5.75 Å². The minimum Gasteiger partial charge on any atom is -0.482 e. The Bertz CT molecular complexity index is 474. The average molecular weight is 280 g/mol. The minimum atomic E-state index is -0.438. The van der Waals surface area contributed by atoms with Gasteiger partial charge in [-0.05, 0) is 31.5 Å². The number of nitrogens with two attached hydrogens (primary N) is 1. The second-order valence-electron chi connectivity index (χ2n) is 4.11. The van der Waals surface area contributed by atoms with E-state index < -0.39 is 5.97 Å². The van der Waals surface area contributed by atoms with E-state index in [4.69, 9.17) is 15.2 Å². The molecule has 20 heavy (non-hydrogen) atoms. The number of nitrogens with one attached hydrogen (secondary N) is 1. The van der Waals surface area contributed by atoms with Crippen LogP contribution >= 0.6 is 0 Å². The maximum absolute atomic E-state index is 11.5. The molecule has 0 aliphatic rings. The Morgan fingerprint density at radius 2 is 2.05 bits per heavy atom. The summed E-state index contributed by atoms with van der Waals surface area (Å²) >= 11 is 0. The van der Waals surface area contributed by atoms with Crippen LogP contribution in [0.1, 0.15) is 30.6 Å². The third-order valence-corrected chi connectivity index (χ3v) is 2.45. The fourth-order valence-corrected chi connectivity index (χ4v) is 1.48. The summed E-state index contributed by atoms with van der Waals surface area (Å²) in [6.45, 7) is 4.50. The van der Waals surface area contributed by atoms with Crippen molar-refractivity contribution in [3.05, 3.63) is 23.8 Å². The third-order valence-electron chi connectivity index (χ3n) is 2.45. The van der Waals surface area contributed by atoms with Gasteiger partial charge in [-0.2, -0.15) is 0 Å². The molecule has 0 radical (unpaired) electrons. The van der Waals surface area contributed by atoms with Gasteiger partial charge in [-0.3, -0.25) is 4.79 Å². The van der Waals surface area contributed by atoms with Gasteiger partial charge in [0.1, 0.15) is 5.75 Å². The van der Waals surface area contributed by atoms with E-state index in [1.807, 2.05) is 6.92 Å². The van der Waals surface area contributed by atoms with Gasteiger partial charge in [0.2, 0.25) is 0 Å². The van der Waals surface area contributed by atoms with Gasteiger partial charge >= 0.3 is 5.97 Å². The van der Waals surface area contributed by atoms with Crippen molar-refractivity contribution in [1.29, 1.82) is 0 Å². The van der Waals surface area contributed by atoms with Crippen molar-refractivity contribution >= 4 is 17.6 Å². The number of benzene rings is 1. The molecule has 0 fully saturated rings. The monoisotopic (exact) mass is 280 g/mol. The highest BCUT2D eigenvalue weighted by molar-refractivity contribution is 5.91. The lowest BCUT2D eigenvalue weighted by atomic mass is 10.2. The van der Waals surface area contributed by atoms with E-state index in [1.54, 1.807) is 19.1 Å². The molecular weight excluding hydrogens is 260 g/mol. The zero-order valence-corrected chi connectivity index (χ0v) is 11.8. The van der Waals surface area contributed by atoms with Crippen molar-refractivity contribution in [2.75, 3.05) is 25.5 Å². The van der Waals surface area contributed by atoms with E-state index >= 15 is 0 Å². The molecule has 0 atom stereocenters. The highest BCUT2D eigenvalue weighted by Crippen LogP contribution is 2.22. The Morgan fingerprint density at radius 3 is 2.65 bits per heavy atom. The first-order chi connectivity index (χ1) is 9.58. The molecule has 0 bridgehead atoms. The standard InChI is InChI=1S/C14H20N2O4/c1-3-7-16-13(17)9-20-12-6-5-10(8-11(12)15)14(18)19-4-2/h5-6,8H,3-4,7,9,15H2,1-2H3,(H,16,17). The van der Waals surface area contributed by atoms with Gasteiger partial charge in [0, 0.05) is 6.54 Å². The van der Waals surface area contributed by atoms with E-state index in [9.17, 15) is 9.59 Å². The molecule has 1 amide bonds. The van der Waals surface area contributed by atoms with Crippen LogP contribution in [0, 0.1) is 0 Å². The number of hydrogen-bond donors (Lipinski definition) is 2. The quantitative estimate of drug-likeness (QED) is 0.581. The fraction of sp³-hybridized carbons (Fsp3) is 0.429. The van der Waals surface area contributed by atoms with E-state index in [0.29, 0.717) is 30.2 Å². The van der Waals surface area contributed by atoms with Crippen LogP contribution in [0.15, 0.2) is 18.2 Å². The molecule has 1 aromatic rings. The van der Waals surface area contributed by atoms with Crippen molar-refractivity contribution in [3.8, 4) is 5.75 Å². The zero-order chi connectivity index (χ0) is 15.0. The van der Waals surface area contributed by atoms with Crippen molar-refractivity contribution in [2.24, 2.45) is 0 Å². The van der Waals surface area contributed by atoms with Crippen LogP contribution < -0.4 is 15.8 Å². The highest BCUT2D eigenvalue weighted by Gasteiger charge is 2.10. The molecule has 110 valence electrons. The third kappa shape index (κ3) is 4.79. The van der Waals surface area contributed by atoms with Gasteiger partial charge in [-0.1, -0.05) is 6.92 Å². The predicted molar refractivity (Wildman–Crippen MR) is 75.6 cm³/mol. The van der Waals surface area contributed by atoms with E-state index in [1.165, 1.54) is 6.07 Å². The van der Waals surface area contributed by atoms with Gasteiger partial charge in [0.05, 0.1) is 17.9 Å². The number of carbonyl (C=O) groups is 2. The molecule has 0 aromatic heterocycles. The smallest absolute Gasteiger partial charge is 0.338 e. The lowest BCUT2D eigenvalue weighted by Gasteiger charge is -2.10. The van der Waals surface area contributed by atoms with Crippen LogP contribution in [-0.2, 0) is 9.53 Å². The molecule has 0 unspecified atom stereocenters. The van der Waals surface area contributed by atoms with Crippen LogP contribution in [-0.4, -0.2) is 31.6 Å². The zero-order valence-electron chi connectivity index (χ0n) is 11.8. The Kier molecular flexibility index (Phi) is 6.36. The molecule has 1 aromatic carbocycles. The number of esters is 1. The highest BCUT2D eigenvalue weighted by atomic mass is 16.5. The first-order valence-electron chi connectivity index (χ1n) is 6.54. The number of nitrogen functional groups attached to an aromatic ring is 1. The van der Waals surface area contributed by atoms with Crippen molar-refractivity contribution in [2.45, 2.75) is 20.3 Å². The summed E-state index contributed by atoms with van der Waals surface area (Å²) in [5.74, 6) is -0.281. The second kappa shape index (κ2) is 8.04. The number of ether oxygens (including phenoxy) is 2. The van der Waals surface area contributed by atoms with Crippen LogP contribution in [0.25, 0.3) is 0 Å². The van der Waals surface area contributed by atoms with E-state index in [2.05, 4.69) is 5.32 Å². The van der Waals surface area contributed by atoms with E-state index in [0.717, 1.165) is 6.42 Å². The maximum Gasteiger partial charge on any atom is 0.338 e. The summed E-state index contributed by atoms with van der Waals surface area (Å²) < 4.78 is 10.2. The first kappa shape index (κ1) is 15.8. The van der Waals surface area contributed by atoms with Gasteiger partial charge in [0.25, 0.3) is 5.91 Å². The molecule has 6 heteroatoms. The molecule has 1 rings (SSSR count). The molecule has 6 nitrogen and oxygen atoms in total. The number of anilines is 1. The predicted octanol–water partition coefficient (Wildman–Crippen LogP) is 1.35. The van der Waals surface area contributed by atoms with Gasteiger partial charge < -0.3 is 20.5 Å². The van der Waals surface area contributed by atoms with E-state index in [-0.39, 0.29) is 12.5 Å². The van der Waals surface area contributed by atoms with Crippen molar-refractivity contribution < 1.29 is 19.1 Å². The molecular formula is C14H20N2O4. The largest absolute Gasteiger partial charge is 0.482 e. The molecule has 0 heterocycles. The topological polar surface area (TPSA) is 90.6 Å². The molecule has 3 N–H and O–H groups in total. The summed E-state index contributed by atoms with van der Waals surface area (Å²) in [6.07, 6.45) is 0.863. The Balaban J connectivity index is 2.60. The number of amides is 1. The first-order valence-corrected chi connectivity index (χ1v) is 6.54. The average Bonchev–Trinajstić information content (AvgIpc) is 2.43. The van der Waals surface area contributed by atoms with Gasteiger partial charge in [-0.25, -0.2) is 4.79 Å². The summed E-state index contributed by atoms with van der Waals surface area (Å²) in [7, 11) is 0. The summed E-state index contributed by atoms with van der Waals surface area (Å²) in [4.78, 5) is 22.9. The normalized spacial score (nSPS) is 9.90.